The molecular weight excluding hydrogens is 482 g/mol. The third-order valence-electron chi connectivity index (χ3n) is 7.56. The molecule has 0 bridgehead atoms. The van der Waals surface area contributed by atoms with Gasteiger partial charge in [0, 0.05) is 36.5 Å². The number of amidine groups is 1. The summed E-state index contributed by atoms with van der Waals surface area (Å²) in [5, 5.41) is 17.4. The molecule has 4 heterocycles. The molecule has 198 valence electrons. The number of benzene rings is 1. The first-order chi connectivity index (χ1) is 18.1. The predicted octanol–water partition coefficient (Wildman–Crippen LogP) is 3.50. The molecule has 9 nitrogen and oxygen atoms in total. The Balaban J connectivity index is 1.43. The Bertz CT molecular complexity index is 1400. The number of β-amino-alcohol motifs (C(OH)–C–C–N with tert-alkyl or cyclic N) is 1. The van der Waals surface area contributed by atoms with E-state index in [1.807, 2.05) is 64.1 Å². The van der Waals surface area contributed by atoms with Gasteiger partial charge in [0.25, 0.3) is 5.91 Å². The molecule has 4 atom stereocenters. The first-order valence-corrected chi connectivity index (χ1v) is 12.9. The monoisotopic (exact) mass is 515 g/mol. The average molecular weight is 516 g/mol. The Kier molecular flexibility index (Phi) is 6.65. The van der Waals surface area contributed by atoms with Gasteiger partial charge < -0.3 is 19.8 Å². The molecule has 0 saturated carbocycles. The van der Waals surface area contributed by atoms with Crippen molar-refractivity contribution in [2.24, 2.45) is 10.9 Å². The Labute approximate surface area is 222 Å². The van der Waals surface area contributed by atoms with E-state index in [0.29, 0.717) is 23.7 Å². The molecule has 2 N–H and O–H groups in total. The van der Waals surface area contributed by atoms with E-state index >= 15 is 0 Å². The molecule has 9 heteroatoms. The minimum atomic E-state index is -1.15. The predicted molar refractivity (Wildman–Crippen MR) is 142 cm³/mol. The number of pyridine rings is 1. The van der Waals surface area contributed by atoms with Crippen molar-refractivity contribution in [1.82, 2.24) is 20.4 Å². The lowest BCUT2D eigenvalue weighted by atomic mass is 9.91. The summed E-state index contributed by atoms with van der Waals surface area (Å²) in [7, 11) is 0. The standard InChI is InChI=1S/C29H33N5O4/c1-16(2)25(24-13-17(3)33-38-24)27(36)34-15-21(35)14-23(34)26-31-28(37)29(5,32-26)20-10-8-19(9-11-20)22-7-6-12-30-18(22)4/h6-13,16,21,23,25,35H,14-15H2,1-5H3,(H,31,32,37)/t21-,23+,25?,29-/m1/s1. The van der Waals surface area contributed by atoms with E-state index in [-0.39, 0.29) is 24.3 Å². The third kappa shape index (κ3) is 4.51. The fraction of sp³-hybridized carbons (Fsp3) is 0.414. The number of nitrogens with zero attached hydrogens (tertiary/aromatic N) is 4. The molecule has 0 radical (unpaired) electrons. The first-order valence-electron chi connectivity index (χ1n) is 12.9. The van der Waals surface area contributed by atoms with Crippen molar-refractivity contribution in [3.8, 4) is 11.1 Å². The van der Waals surface area contributed by atoms with E-state index in [4.69, 9.17) is 9.52 Å². The van der Waals surface area contributed by atoms with E-state index in [1.54, 1.807) is 24.1 Å². The average Bonchev–Trinajstić information content (AvgIpc) is 3.57. The Morgan fingerprint density at radius 1 is 1.21 bits per heavy atom. The fourth-order valence-electron chi connectivity index (χ4n) is 5.44. The van der Waals surface area contributed by atoms with Crippen molar-refractivity contribution in [2.75, 3.05) is 6.54 Å². The summed E-state index contributed by atoms with van der Waals surface area (Å²) in [6.45, 7) is 9.60. The number of aliphatic hydroxyl groups excluding tert-OH is 1. The van der Waals surface area contributed by atoms with Crippen LogP contribution in [0.1, 0.15) is 55.8 Å². The summed E-state index contributed by atoms with van der Waals surface area (Å²) in [5.74, 6) is -0.172. The van der Waals surface area contributed by atoms with Gasteiger partial charge in [-0.15, -0.1) is 0 Å². The fourth-order valence-corrected chi connectivity index (χ4v) is 5.44. The van der Waals surface area contributed by atoms with E-state index < -0.39 is 23.6 Å². The molecule has 2 aliphatic rings. The molecule has 0 spiro atoms. The zero-order valence-electron chi connectivity index (χ0n) is 22.3. The lowest BCUT2D eigenvalue weighted by molar-refractivity contribution is -0.134. The number of aliphatic imine (C=N–C) groups is 1. The number of carbonyl (C=O) groups is 2. The summed E-state index contributed by atoms with van der Waals surface area (Å²) in [4.78, 5) is 37.8. The van der Waals surface area contributed by atoms with Crippen LogP contribution < -0.4 is 5.32 Å². The van der Waals surface area contributed by atoms with Crippen LogP contribution in [0.15, 0.2) is 58.2 Å². The lowest BCUT2D eigenvalue weighted by Gasteiger charge is -2.29. The molecule has 1 unspecified atom stereocenters. The van der Waals surface area contributed by atoms with Crippen molar-refractivity contribution in [1.29, 1.82) is 0 Å². The number of aromatic nitrogens is 2. The van der Waals surface area contributed by atoms with Gasteiger partial charge in [-0.3, -0.25) is 14.6 Å². The quantitative estimate of drug-likeness (QED) is 0.518. The van der Waals surface area contributed by atoms with Gasteiger partial charge in [-0.05, 0) is 43.9 Å². The van der Waals surface area contributed by atoms with Crippen molar-refractivity contribution in [3.63, 3.8) is 0 Å². The van der Waals surface area contributed by atoms with E-state index in [0.717, 1.165) is 22.4 Å². The SMILES string of the molecule is Cc1cc(C(C(=O)N2C[C@H](O)C[C@H]2C2=N[C@](C)(c3ccc(-c4cccnc4C)cc3)C(=O)N2)C(C)C)on1. The second-order valence-corrected chi connectivity index (χ2v) is 10.7. The zero-order chi connectivity index (χ0) is 27.2. The molecule has 38 heavy (non-hydrogen) atoms. The van der Waals surface area contributed by atoms with Crippen molar-refractivity contribution >= 4 is 17.6 Å². The number of nitrogens with one attached hydrogen (secondary N) is 1. The maximum absolute atomic E-state index is 13.8. The summed E-state index contributed by atoms with van der Waals surface area (Å²) < 4.78 is 5.45. The highest BCUT2D eigenvalue weighted by molar-refractivity contribution is 6.11. The highest BCUT2D eigenvalue weighted by Gasteiger charge is 2.48. The summed E-state index contributed by atoms with van der Waals surface area (Å²) in [6.07, 6.45) is 1.33. The molecule has 2 aromatic heterocycles. The highest BCUT2D eigenvalue weighted by atomic mass is 16.5. The van der Waals surface area contributed by atoms with Gasteiger partial charge in [0.15, 0.2) is 5.54 Å². The molecule has 0 aliphatic carbocycles. The molecule has 5 rings (SSSR count). The number of rotatable bonds is 6. The molecular formula is C29H33N5O4. The van der Waals surface area contributed by atoms with Crippen molar-refractivity contribution in [2.45, 2.75) is 64.6 Å². The van der Waals surface area contributed by atoms with Gasteiger partial charge in [0.05, 0.1) is 17.8 Å². The number of aryl methyl sites for hydroxylation is 2. The van der Waals surface area contributed by atoms with Crippen LogP contribution in [-0.2, 0) is 15.1 Å². The van der Waals surface area contributed by atoms with Crippen molar-refractivity contribution in [3.05, 3.63) is 71.4 Å². The largest absolute Gasteiger partial charge is 0.391 e. The summed E-state index contributed by atoms with van der Waals surface area (Å²) in [6, 6.07) is 12.9. The highest BCUT2D eigenvalue weighted by Crippen LogP contribution is 2.35. The third-order valence-corrected chi connectivity index (χ3v) is 7.56. The Hall–Kier alpha value is -3.85. The zero-order valence-corrected chi connectivity index (χ0v) is 22.3. The number of hydrogen-bond donors (Lipinski definition) is 2. The second-order valence-electron chi connectivity index (χ2n) is 10.7. The number of hydrogen-bond acceptors (Lipinski definition) is 7. The minimum Gasteiger partial charge on any atom is -0.391 e. The van der Waals surface area contributed by atoms with Gasteiger partial charge in [-0.1, -0.05) is 49.3 Å². The Morgan fingerprint density at radius 3 is 2.58 bits per heavy atom. The van der Waals surface area contributed by atoms with Gasteiger partial charge >= 0.3 is 0 Å². The molecule has 2 amide bonds. The lowest BCUT2D eigenvalue weighted by Crippen LogP contribution is -2.48. The number of amides is 2. The van der Waals surface area contributed by atoms with Crippen LogP contribution in [0.5, 0.6) is 0 Å². The Morgan fingerprint density at radius 2 is 1.95 bits per heavy atom. The molecule has 1 saturated heterocycles. The van der Waals surface area contributed by atoms with Crippen LogP contribution in [0.25, 0.3) is 11.1 Å². The van der Waals surface area contributed by atoms with Gasteiger partial charge in [-0.25, -0.2) is 4.99 Å². The van der Waals surface area contributed by atoms with Crippen LogP contribution >= 0.6 is 0 Å². The van der Waals surface area contributed by atoms with E-state index in [9.17, 15) is 14.7 Å². The van der Waals surface area contributed by atoms with Gasteiger partial charge in [-0.2, -0.15) is 0 Å². The first kappa shape index (κ1) is 25.8. The van der Waals surface area contributed by atoms with Crippen molar-refractivity contribution < 1.29 is 19.2 Å². The number of aliphatic hydroxyl groups is 1. The summed E-state index contributed by atoms with van der Waals surface area (Å²) >= 11 is 0. The number of carbonyl (C=O) groups excluding carboxylic acids is 2. The van der Waals surface area contributed by atoms with Crippen LogP contribution in [0.2, 0.25) is 0 Å². The molecule has 1 aromatic carbocycles. The topological polar surface area (TPSA) is 121 Å². The smallest absolute Gasteiger partial charge is 0.257 e. The molecule has 2 aliphatic heterocycles. The van der Waals surface area contributed by atoms with Crippen LogP contribution in [-0.4, -0.2) is 56.5 Å². The van der Waals surface area contributed by atoms with E-state index in [1.165, 1.54) is 0 Å². The van der Waals surface area contributed by atoms with Crippen LogP contribution in [0.4, 0.5) is 0 Å². The normalized spacial score (nSPS) is 24.0. The number of likely N-dealkylation sites (tertiary alicyclic amines) is 1. The second kappa shape index (κ2) is 9.79. The molecule has 3 aromatic rings. The van der Waals surface area contributed by atoms with Crippen LogP contribution in [0, 0.1) is 19.8 Å². The molecule has 1 fully saturated rings. The van der Waals surface area contributed by atoms with Crippen LogP contribution in [0.3, 0.4) is 0 Å². The maximum atomic E-state index is 13.8. The van der Waals surface area contributed by atoms with E-state index in [2.05, 4.69) is 15.5 Å². The summed E-state index contributed by atoms with van der Waals surface area (Å²) in [5.41, 5.74) is 3.24. The minimum absolute atomic E-state index is 0.0550. The van der Waals surface area contributed by atoms with Gasteiger partial charge in [0.2, 0.25) is 5.91 Å². The maximum Gasteiger partial charge on any atom is 0.257 e. The van der Waals surface area contributed by atoms with Gasteiger partial charge in [0.1, 0.15) is 17.5 Å².